The van der Waals surface area contributed by atoms with E-state index in [2.05, 4.69) is 34.5 Å². The van der Waals surface area contributed by atoms with Gasteiger partial charge in [0.25, 0.3) is 0 Å². The Bertz CT molecular complexity index is 405. The summed E-state index contributed by atoms with van der Waals surface area (Å²) in [6.45, 7) is 4.54. The van der Waals surface area contributed by atoms with Gasteiger partial charge in [0.15, 0.2) is 0 Å². The van der Waals surface area contributed by atoms with Crippen LogP contribution in [0.3, 0.4) is 0 Å². The second kappa shape index (κ2) is 9.39. The van der Waals surface area contributed by atoms with Crippen LogP contribution in [0.5, 0.6) is 5.75 Å². The Kier molecular flexibility index (Phi) is 8.23. The number of anilines is 1. The molecule has 0 amide bonds. The molecule has 2 aliphatic heterocycles. The van der Waals surface area contributed by atoms with E-state index in [1.807, 2.05) is 0 Å². The standard InChI is InChI=1S/C16H24N2O.2ClH/c1-2-11-18(12-3-1)14-5-4-6-16(13-14)19-15-7-9-17-10-8-15;;/h4-6,13,15,17H,1-3,7-12H2;2*1H. The molecule has 3 nitrogen and oxygen atoms in total. The van der Waals surface area contributed by atoms with E-state index >= 15 is 0 Å². The molecule has 1 N–H and O–H groups in total. The Labute approximate surface area is 140 Å². The third-order valence-corrected chi connectivity index (χ3v) is 4.13. The molecule has 0 atom stereocenters. The average Bonchev–Trinajstić information content (AvgIpc) is 2.49. The maximum atomic E-state index is 6.12. The van der Waals surface area contributed by atoms with Gasteiger partial charge in [-0.3, -0.25) is 0 Å². The second-order valence-electron chi connectivity index (χ2n) is 5.61. The number of hydrogen-bond donors (Lipinski definition) is 1. The summed E-state index contributed by atoms with van der Waals surface area (Å²) in [6, 6.07) is 8.64. The summed E-state index contributed by atoms with van der Waals surface area (Å²) in [7, 11) is 0. The molecule has 1 aromatic rings. The maximum absolute atomic E-state index is 6.12. The highest BCUT2D eigenvalue weighted by molar-refractivity contribution is 5.85. The normalized spacial score (nSPS) is 19.3. The summed E-state index contributed by atoms with van der Waals surface area (Å²) < 4.78 is 6.12. The summed E-state index contributed by atoms with van der Waals surface area (Å²) in [5.41, 5.74) is 1.33. The van der Waals surface area contributed by atoms with Crippen molar-refractivity contribution in [1.29, 1.82) is 0 Å². The zero-order chi connectivity index (χ0) is 12.9. The van der Waals surface area contributed by atoms with E-state index in [4.69, 9.17) is 4.74 Å². The molecule has 0 aliphatic carbocycles. The van der Waals surface area contributed by atoms with Crippen molar-refractivity contribution in [2.75, 3.05) is 31.1 Å². The van der Waals surface area contributed by atoms with E-state index < -0.39 is 0 Å². The van der Waals surface area contributed by atoms with E-state index in [0.29, 0.717) is 6.10 Å². The lowest BCUT2D eigenvalue weighted by molar-refractivity contribution is 0.162. The molecule has 2 saturated heterocycles. The monoisotopic (exact) mass is 332 g/mol. The van der Waals surface area contributed by atoms with E-state index in [-0.39, 0.29) is 24.8 Å². The van der Waals surface area contributed by atoms with Gasteiger partial charge >= 0.3 is 0 Å². The van der Waals surface area contributed by atoms with Crippen LogP contribution in [0.1, 0.15) is 32.1 Å². The Morgan fingerprint density at radius 3 is 2.43 bits per heavy atom. The smallest absolute Gasteiger partial charge is 0.121 e. The van der Waals surface area contributed by atoms with Gasteiger partial charge in [-0.15, -0.1) is 24.8 Å². The summed E-state index contributed by atoms with van der Waals surface area (Å²) in [5, 5.41) is 3.38. The lowest BCUT2D eigenvalue weighted by Crippen LogP contribution is -2.34. The Balaban J connectivity index is 0.00000110. The second-order valence-corrected chi connectivity index (χ2v) is 5.61. The van der Waals surface area contributed by atoms with Gasteiger partial charge in [0.2, 0.25) is 0 Å². The van der Waals surface area contributed by atoms with E-state index in [1.165, 1.54) is 38.0 Å². The van der Waals surface area contributed by atoms with Gasteiger partial charge in [0, 0.05) is 24.8 Å². The SMILES string of the molecule is Cl.Cl.c1cc(OC2CCNCC2)cc(N2CCCCC2)c1. The molecule has 120 valence electrons. The molecule has 2 fully saturated rings. The molecule has 0 aromatic heterocycles. The zero-order valence-electron chi connectivity index (χ0n) is 12.4. The highest BCUT2D eigenvalue weighted by atomic mass is 35.5. The minimum atomic E-state index is 0. The summed E-state index contributed by atoms with van der Waals surface area (Å²) in [6.07, 6.45) is 6.64. The fraction of sp³-hybridized carbons (Fsp3) is 0.625. The van der Waals surface area contributed by atoms with Crippen LogP contribution in [-0.2, 0) is 0 Å². The zero-order valence-corrected chi connectivity index (χ0v) is 14.1. The van der Waals surface area contributed by atoms with E-state index in [0.717, 1.165) is 31.7 Å². The molecule has 2 heterocycles. The molecule has 2 aliphatic rings. The van der Waals surface area contributed by atoms with Crippen LogP contribution in [0.15, 0.2) is 24.3 Å². The number of nitrogens with zero attached hydrogens (tertiary/aromatic N) is 1. The fourth-order valence-corrected chi connectivity index (χ4v) is 3.01. The van der Waals surface area contributed by atoms with Crippen LogP contribution >= 0.6 is 24.8 Å². The molecule has 5 heteroatoms. The van der Waals surface area contributed by atoms with E-state index in [1.54, 1.807) is 0 Å². The topological polar surface area (TPSA) is 24.5 Å². The highest BCUT2D eigenvalue weighted by Crippen LogP contribution is 2.25. The number of benzene rings is 1. The lowest BCUT2D eigenvalue weighted by atomic mass is 10.1. The Morgan fingerprint density at radius 1 is 1.00 bits per heavy atom. The van der Waals surface area contributed by atoms with Gasteiger partial charge in [-0.1, -0.05) is 6.07 Å². The van der Waals surface area contributed by atoms with Crippen LogP contribution in [0.25, 0.3) is 0 Å². The van der Waals surface area contributed by atoms with Crippen molar-refractivity contribution in [2.24, 2.45) is 0 Å². The van der Waals surface area contributed by atoms with Gasteiger partial charge in [-0.2, -0.15) is 0 Å². The first-order valence-corrected chi connectivity index (χ1v) is 7.64. The number of halogens is 2. The van der Waals surface area contributed by atoms with Crippen LogP contribution < -0.4 is 15.0 Å². The first kappa shape index (κ1) is 18.4. The van der Waals surface area contributed by atoms with Crippen molar-refractivity contribution >= 4 is 30.5 Å². The van der Waals surface area contributed by atoms with Crippen LogP contribution in [0, 0.1) is 0 Å². The van der Waals surface area contributed by atoms with Crippen LogP contribution in [-0.4, -0.2) is 32.3 Å². The third-order valence-electron chi connectivity index (χ3n) is 4.13. The van der Waals surface area contributed by atoms with Crippen molar-refractivity contribution in [3.8, 4) is 5.75 Å². The van der Waals surface area contributed by atoms with E-state index in [9.17, 15) is 0 Å². The first-order chi connectivity index (χ1) is 9.42. The number of piperidine rings is 2. The van der Waals surface area contributed by atoms with Crippen LogP contribution in [0.2, 0.25) is 0 Å². The van der Waals surface area contributed by atoms with Gasteiger partial charge in [-0.25, -0.2) is 0 Å². The van der Waals surface area contributed by atoms with Crippen LogP contribution in [0.4, 0.5) is 5.69 Å². The molecule has 21 heavy (non-hydrogen) atoms. The van der Waals surface area contributed by atoms with Crippen molar-refractivity contribution in [1.82, 2.24) is 5.32 Å². The molecule has 0 radical (unpaired) electrons. The van der Waals surface area contributed by atoms with Crippen molar-refractivity contribution in [3.63, 3.8) is 0 Å². The molecule has 0 bridgehead atoms. The molecule has 0 saturated carbocycles. The largest absolute Gasteiger partial charge is 0.490 e. The van der Waals surface area contributed by atoms with Crippen molar-refractivity contribution in [3.05, 3.63) is 24.3 Å². The van der Waals surface area contributed by atoms with Gasteiger partial charge in [-0.05, 0) is 57.3 Å². The van der Waals surface area contributed by atoms with Gasteiger partial charge in [0.1, 0.15) is 11.9 Å². The number of nitrogens with one attached hydrogen (secondary N) is 1. The predicted octanol–water partition coefficient (Wildman–Crippen LogP) is 3.65. The molecule has 0 spiro atoms. The minimum Gasteiger partial charge on any atom is -0.490 e. The summed E-state index contributed by atoms with van der Waals surface area (Å²) in [5.74, 6) is 1.04. The summed E-state index contributed by atoms with van der Waals surface area (Å²) in [4.78, 5) is 2.48. The third kappa shape index (κ3) is 5.24. The highest BCUT2D eigenvalue weighted by Gasteiger charge is 2.15. The minimum absolute atomic E-state index is 0. The maximum Gasteiger partial charge on any atom is 0.121 e. The average molecular weight is 333 g/mol. The Morgan fingerprint density at radius 2 is 1.71 bits per heavy atom. The predicted molar refractivity (Wildman–Crippen MR) is 93.5 cm³/mol. The number of ether oxygens (including phenoxy) is 1. The lowest BCUT2D eigenvalue weighted by Gasteiger charge is -2.29. The van der Waals surface area contributed by atoms with Crippen molar-refractivity contribution in [2.45, 2.75) is 38.2 Å². The summed E-state index contributed by atoms with van der Waals surface area (Å²) >= 11 is 0. The van der Waals surface area contributed by atoms with Gasteiger partial charge in [0.05, 0.1) is 0 Å². The molecule has 3 rings (SSSR count). The Hall–Kier alpha value is -0.640. The van der Waals surface area contributed by atoms with Crippen molar-refractivity contribution < 1.29 is 4.74 Å². The quantitative estimate of drug-likeness (QED) is 0.914. The first-order valence-electron chi connectivity index (χ1n) is 7.64. The number of hydrogen-bond acceptors (Lipinski definition) is 3. The molecular weight excluding hydrogens is 307 g/mol. The molecular formula is C16H26Cl2N2O. The molecule has 1 aromatic carbocycles. The molecule has 0 unspecified atom stereocenters. The van der Waals surface area contributed by atoms with Gasteiger partial charge < -0.3 is 15.0 Å². The fourth-order valence-electron chi connectivity index (χ4n) is 3.01. The number of rotatable bonds is 3.